The average molecular weight is 359 g/mol. The van der Waals surface area contributed by atoms with Crippen LogP contribution in [0.1, 0.15) is 31.7 Å². The summed E-state index contributed by atoms with van der Waals surface area (Å²) in [7, 11) is 1.63. The topological polar surface area (TPSA) is 83.4 Å². The molecule has 2 N–H and O–H groups in total. The second-order valence-electron chi connectivity index (χ2n) is 5.80. The molecule has 0 spiro atoms. The van der Waals surface area contributed by atoms with E-state index in [4.69, 9.17) is 14.7 Å². The van der Waals surface area contributed by atoms with Crippen molar-refractivity contribution in [1.29, 1.82) is 5.26 Å². The quantitative estimate of drug-likeness (QED) is 0.321. The number of amides is 1. The van der Waals surface area contributed by atoms with Crippen molar-refractivity contribution in [1.82, 2.24) is 10.6 Å². The summed E-state index contributed by atoms with van der Waals surface area (Å²) in [6, 6.07) is 9.72. The van der Waals surface area contributed by atoms with E-state index >= 15 is 0 Å². The smallest absolute Gasteiger partial charge is 0.263 e. The molecular weight excluding hydrogens is 330 g/mol. The van der Waals surface area contributed by atoms with Crippen molar-refractivity contribution in [3.63, 3.8) is 0 Å². The van der Waals surface area contributed by atoms with Crippen molar-refractivity contribution in [3.8, 4) is 11.8 Å². The van der Waals surface area contributed by atoms with Crippen molar-refractivity contribution in [2.45, 2.75) is 32.6 Å². The Balaban J connectivity index is 2.24. The fraction of sp³-hybridized carbons (Fsp3) is 0.500. The number of ether oxygens (including phenoxy) is 2. The van der Waals surface area contributed by atoms with E-state index in [0.717, 1.165) is 43.6 Å². The SMILES string of the molecule is CCCCOCCCNC(=O)/C(C#N)=C\NCCc1ccc(OC)cc1. The number of carbonyl (C=O) groups excluding carboxylic acids is 1. The number of benzene rings is 1. The van der Waals surface area contributed by atoms with E-state index in [1.807, 2.05) is 30.3 Å². The number of nitrogens with zero attached hydrogens (tertiary/aromatic N) is 1. The average Bonchev–Trinajstić information content (AvgIpc) is 2.67. The molecule has 0 saturated heterocycles. The Kier molecular flexibility index (Phi) is 11.4. The van der Waals surface area contributed by atoms with Gasteiger partial charge in [-0.3, -0.25) is 4.79 Å². The second-order valence-corrected chi connectivity index (χ2v) is 5.80. The standard InChI is InChI=1S/C20H29N3O3/c1-3-4-13-26-14-5-11-23-20(24)18(15-21)16-22-12-10-17-6-8-19(25-2)9-7-17/h6-9,16,22H,3-5,10-14H2,1-2H3,(H,23,24)/b18-16-. The fourth-order valence-electron chi connectivity index (χ4n) is 2.15. The highest BCUT2D eigenvalue weighted by atomic mass is 16.5. The molecule has 0 aromatic heterocycles. The number of methoxy groups -OCH3 is 1. The Morgan fingerprint density at radius 2 is 1.92 bits per heavy atom. The Labute approximate surface area is 156 Å². The number of nitrogens with one attached hydrogen (secondary N) is 2. The predicted molar refractivity (Wildman–Crippen MR) is 102 cm³/mol. The zero-order valence-corrected chi connectivity index (χ0v) is 15.7. The van der Waals surface area contributed by atoms with E-state index in [2.05, 4.69) is 17.6 Å². The largest absolute Gasteiger partial charge is 0.497 e. The van der Waals surface area contributed by atoms with Crippen LogP contribution in [-0.4, -0.2) is 39.3 Å². The molecule has 0 heterocycles. The molecule has 26 heavy (non-hydrogen) atoms. The monoisotopic (exact) mass is 359 g/mol. The molecule has 6 heteroatoms. The van der Waals surface area contributed by atoms with Crippen LogP contribution in [0.3, 0.4) is 0 Å². The van der Waals surface area contributed by atoms with Gasteiger partial charge in [-0.05, 0) is 37.0 Å². The normalized spacial score (nSPS) is 10.9. The van der Waals surface area contributed by atoms with Crippen LogP contribution in [0, 0.1) is 11.3 Å². The maximum absolute atomic E-state index is 11.9. The highest BCUT2D eigenvalue weighted by Crippen LogP contribution is 2.11. The van der Waals surface area contributed by atoms with Crippen LogP contribution in [-0.2, 0) is 16.0 Å². The number of rotatable bonds is 13. The van der Waals surface area contributed by atoms with Gasteiger partial charge in [-0.2, -0.15) is 5.26 Å². The molecule has 0 unspecified atom stereocenters. The minimum absolute atomic E-state index is 0.0756. The Bertz CT molecular complexity index is 591. The third-order valence-electron chi connectivity index (χ3n) is 3.72. The molecule has 0 aliphatic heterocycles. The fourth-order valence-corrected chi connectivity index (χ4v) is 2.15. The van der Waals surface area contributed by atoms with Crippen molar-refractivity contribution < 1.29 is 14.3 Å². The van der Waals surface area contributed by atoms with Gasteiger partial charge in [0.25, 0.3) is 5.91 Å². The molecule has 142 valence electrons. The van der Waals surface area contributed by atoms with Gasteiger partial charge >= 0.3 is 0 Å². The Hall–Kier alpha value is -2.52. The molecule has 0 saturated carbocycles. The summed E-state index contributed by atoms with van der Waals surface area (Å²) in [4.78, 5) is 11.9. The predicted octanol–water partition coefficient (Wildman–Crippen LogP) is 2.56. The molecule has 1 amide bonds. The van der Waals surface area contributed by atoms with E-state index in [1.54, 1.807) is 7.11 Å². The third kappa shape index (κ3) is 9.09. The van der Waals surface area contributed by atoms with E-state index in [9.17, 15) is 4.79 Å². The summed E-state index contributed by atoms with van der Waals surface area (Å²) in [5.41, 5.74) is 1.23. The lowest BCUT2D eigenvalue weighted by molar-refractivity contribution is -0.117. The lowest BCUT2D eigenvalue weighted by atomic mass is 10.1. The first-order chi connectivity index (χ1) is 12.7. The number of nitriles is 1. The molecule has 0 aliphatic rings. The van der Waals surface area contributed by atoms with Crippen LogP contribution in [0.2, 0.25) is 0 Å². The first-order valence-electron chi connectivity index (χ1n) is 9.03. The highest BCUT2D eigenvalue weighted by molar-refractivity contribution is 5.97. The first-order valence-corrected chi connectivity index (χ1v) is 9.03. The van der Waals surface area contributed by atoms with Crippen LogP contribution in [0.15, 0.2) is 36.0 Å². The van der Waals surface area contributed by atoms with Crippen molar-refractivity contribution in [2.75, 3.05) is 33.4 Å². The molecule has 0 bridgehead atoms. The Morgan fingerprint density at radius 1 is 1.19 bits per heavy atom. The van der Waals surface area contributed by atoms with E-state index in [-0.39, 0.29) is 11.5 Å². The number of hydrogen-bond donors (Lipinski definition) is 2. The lowest BCUT2D eigenvalue weighted by Crippen LogP contribution is -2.27. The molecule has 0 atom stereocenters. The van der Waals surface area contributed by atoms with Crippen molar-refractivity contribution >= 4 is 5.91 Å². The summed E-state index contributed by atoms with van der Waals surface area (Å²) in [6.45, 7) is 4.62. The lowest BCUT2D eigenvalue weighted by Gasteiger charge is -2.06. The maximum atomic E-state index is 11.9. The minimum Gasteiger partial charge on any atom is -0.497 e. The van der Waals surface area contributed by atoms with Gasteiger partial charge in [0.15, 0.2) is 0 Å². The van der Waals surface area contributed by atoms with Gasteiger partial charge in [-0.1, -0.05) is 25.5 Å². The molecule has 0 aliphatic carbocycles. The summed E-state index contributed by atoms with van der Waals surface area (Å²) in [6.07, 6.45) is 5.15. The van der Waals surface area contributed by atoms with Crippen LogP contribution in [0.25, 0.3) is 0 Å². The van der Waals surface area contributed by atoms with E-state index < -0.39 is 0 Å². The number of unbranched alkanes of at least 4 members (excludes halogenated alkanes) is 1. The zero-order chi connectivity index (χ0) is 19.0. The van der Waals surface area contributed by atoms with Crippen LogP contribution >= 0.6 is 0 Å². The molecule has 6 nitrogen and oxygen atoms in total. The van der Waals surface area contributed by atoms with Crippen LogP contribution in [0.4, 0.5) is 0 Å². The van der Waals surface area contributed by atoms with Crippen LogP contribution < -0.4 is 15.4 Å². The number of carbonyl (C=O) groups is 1. The van der Waals surface area contributed by atoms with Crippen molar-refractivity contribution in [2.24, 2.45) is 0 Å². The third-order valence-corrected chi connectivity index (χ3v) is 3.72. The molecule has 1 rings (SSSR count). The Morgan fingerprint density at radius 3 is 2.58 bits per heavy atom. The minimum atomic E-state index is -0.363. The van der Waals surface area contributed by atoms with E-state index in [0.29, 0.717) is 19.7 Å². The van der Waals surface area contributed by atoms with E-state index in [1.165, 1.54) is 6.20 Å². The van der Waals surface area contributed by atoms with Gasteiger partial charge < -0.3 is 20.1 Å². The summed E-state index contributed by atoms with van der Waals surface area (Å²) in [5, 5.41) is 14.9. The van der Waals surface area contributed by atoms with Gasteiger partial charge in [-0.25, -0.2) is 0 Å². The molecule has 1 aromatic rings. The van der Waals surface area contributed by atoms with Gasteiger partial charge in [0, 0.05) is 32.5 Å². The molecule has 1 aromatic carbocycles. The zero-order valence-electron chi connectivity index (χ0n) is 15.7. The summed E-state index contributed by atoms with van der Waals surface area (Å²) < 4.78 is 10.5. The van der Waals surface area contributed by atoms with Gasteiger partial charge in [-0.15, -0.1) is 0 Å². The number of hydrogen-bond acceptors (Lipinski definition) is 5. The maximum Gasteiger partial charge on any atom is 0.263 e. The highest BCUT2D eigenvalue weighted by Gasteiger charge is 2.07. The molecule has 0 radical (unpaired) electrons. The van der Waals surface area contributed by atoms with Crippen LogP contribution in [0.5, 0.6) is 5.75 Å². The van der Waals surface area contributed by atoms with Gasteiger partial charge in [0.1, 0.15) is 17.4 Å². The molecular formula is C20H29N3O3. The summed E-state index contributed by atoms with van der Waals surface area (Å²) >= 11 is 0. The van der Waals surface area contributed by atoms with Gasteiger partial charge in [0.05, 0.1) is 7.11 Å². The second kappa shape index (κ2) is 13.7. The van der Waals surface area contributed by atoms with Gasteiger partial charge in [0.2, 0.25) is 0 Å². The molecule has 0 fully saturated rings. The van der Waals surface area contributed by atoms with Crippen molar-refractivity contribution in [3.05, 3.63) is 41.6 Å². The summed E-state index contributed by atoms with van der Waals surface area (Å²) in [5.74, 6) is 0.457. The first kappa shape index (κ1) is 21.5.